The van der Waals surface area contributed by atoms with Crippen molar-refractivity contribution in [2.24, 2.45) is 0 Å². The number of benzene rings is 1. The molecule has 4 rings (SSSR count). The molecular formula is C18H15NO2S3. The van der Waals surface area contributed by atoms with Gasteiger partial charge in [0.05, 0.1) is 14.6 Å². The van der Waals surface area contributed by atoms with E-state index in [0.717, 1.165) is 5.56 Å². The molecular weight excluding hydrogens is 358 g/mol. The van der Waals surface area contributed by atoms with Gasteiger partial charge in [-0.3, -0.25) is 0 Å². The first-order chi connectivity index (χ1) is 11.5. The summed E-state index contributed by atoms with van der Waals surface area (Å²) in [5.74, 6) is 0. The summed E-state index contributed by atoms with van der Waals surface area (Å²) in [6, 6.07) is 11.4. The number of thiophene rings is 2. The van der Waals surface area contributed by atoms with E-state index in [1.165, 1.54) is 30.8 Å². The SMILES string of the molecule is CN(C)S(=O)(=O)c1ccc(C=C2c3ccsc3-c3sccc32)cc1. The minimum atomic E-state index is -3.38. The van der Waals surface area contributed by atoms with Crippen molar-refractivity contribution in [1.82, 2.24) is 4.31 Å². The highest BCUT2D eigenvalue weighted by Crippen LogP contribution is 2.50. The van der Waals surface area contributed by atoms with Crippen molar-refractivity contribution >= 4 is 44.3 Å². The molecule has 3 aromatic rings. The predicted octanol–water partition coefficient (Wildman–Crippen LogP) is 4.63. The van der Waals surface area contributed by atoms with Crippen LogP contribution in [0.4, 0.5) is 0 Å². The van der Waals surface area contributed by atoms with Gasteiger partial charge in [-0.2, -0.15) is 0 Å². The van der Waals surface area contributed by atoms with E-state index in [-0.39, 0.29) is 0 Å². The Morgan fingerprint density at radius 1 is 0.875 bits per heavy atom. The molecule has 1 aliphatic carbocycles. The van der Waals surface area contributed by atoms with Gasteiger partial charge in [-0.25, -0.2) is 12.7 Å². The van der Waals surface area contributed by atoms with E-state index in [2.05, 4.69) is 29.0 Å². The van der Waals surface area contributed by atoms with Gasteiger partial charge in [0.2, 0.25) is 10.0 Å². The lowest BCUT2D eigenvalue weighted by molar-refractivity contribution is 0.521. The minimum Gasteiger partial charge on any atom is -0.207 e. The number of sulfonamides is 1. The van der Waals surface area contributed by atoms with E-state index >= 15 is 0 Å². The summed E-state index contributed by atoms with van der Waals surface area (Å²) in [7, 11) is -0.301. The highest BCUT2D eigenvalue weighted by Gasteiger charge is 2.25. The Labute approximate surface area is 149 Å². The van der Waals surface area contributed by atoms with E-state index in [1.54, 1.807) is 48.9 Å². The van der Waals surface area contributed by atoms with Crippen molar-refractivity contribution in [2.75, 3.05) is 14.1 Å². The van der Waals surface area contributed by atoms with Crippen molar-refractivity contribution < 1.29 is 8.42 Å². The highest BCUT2D eigenvalue weighted by atomic mass is 32.2. The van der Waals surface area contributed by atoms with E-state index in [1.807, 2.05) is 12.1 Å². The average Bonchev–Trinajstić information content (AvgIpc) is 3.24. The summed E-state index contributed by atoms with van der Waals surface area (Å²) in [6.45, 7) is 0. The van der Waals surface area contributed by atoms with Crippen LogP contribution in [-0.2, 0) is 10.0 Å². The fourth-order valence-corrected chi connectivity index (χ4v) is 5.72. The number of nitrogens with zero attached hydrogens (tertiary/aromatic N) is 1. The third-order valence-electron chi connectivity index (χ3n) is 4.09. The third-order valence-corrected chi connectivity index (χ3v) is 7.91. The van der Waals surface area contributed by atoms with Gasteiger partial charge in [0.25, 0.3) is 0 Å². The van der Waals surface area contributed by atoms with E-state index < -0.39 is 10.0 Å². The lowest BCUT2D eigenvalue weighted by atomic mass is 10.0. The molecule has 0 amide bonds. The second-order valence-electron chi connectivity index (χ2n) is 5.74. The molecule has 1 aromatic carbocycles. The number of hydrogen-bond donors (Lipinski definition) is 0. The van der Waals surface area contributed by atoms with Crippen molar-refractivity contribution in [3.63, 3.8) is 0 Å². The minimum absolute atomic E-state index is 0.313. The zero-order valence-corrected chi connectivity index (χ0v) is 15.6. The van der Waals surface area contributed by atoms with Crippen LogP contribution in [-0.4, -0.2) is 26.8 Å². The summed E-state index contributed by atoms with van der Waals surface area (Å²) < 4.78 is 25.5. The Kier molecular flexibility index (Phi) is 3.73. The molecule has 0 saturated carbocycles. The fourth-order valence-electron chi connectivity index (χ4n) is 2.81. The molecule has 2 aromatic heterocycles. The molecule has 3 nitrogen and oxygen atoms in total. The Morgan fingerprint density at radius 2 is 1.42 bits per heavy atom. The largest absolute Gasteiger partial charge is 0.242 e. The molecule has 0 fully saturated rings. The van der Waals surface area contributed by atoms with Gasteiger partial charge in [-0.05, 0) is 52.2 Å². The van der Waals surface area contributed by atoms with Crippen LogP contribution >= 0.6 is 22.7 Å². The molecule has 0 atom stereocenters. The molecule has 6 heteroatoms. The van der Waals surface area contributed by atoms with E-state index in [9.17, 15) is 8.42 Å². The van der Waals surface area contributed by atoms with Gasteiger partial charge in [-0.1, -0.05) is 12.1 Å². The molecule has 2 heterocycles. The zero-order chi connectivity index (χ0) is 16.9. The van der Waals surface area contributed by atoms with E-state index in [0.29, 0.717) is 4.90 Å². The highest BCUT2D eigenvalue weighted by molar-refractivity contribution is 7.89. The predicted molar refractivity (Wildman–Crippen MR) is 102 cm³/mol. The van der Waals surface area contributed by atoms with Crippen LogP contribution in [0, 0.1) is 0 Å². The molecule has 0 spiro atoms. The standard InChI is InChI=1S/C18H15NO2S3/c1-19(2)24(20,21)13-5-3-12(4-6-13)11-16-14-7-9-22-17(14)18-15(16)8-10-23-18/h3-11H,1-2H3. The molecule has 0 bridgehead atoms. The molecule has 0 aliphatic heterocycles. The molecule has 0 radical (unpaired) electrons. The molecule has 0 N–H and O–H groups in total. The monoisotopic (exact) mass is 373 g/mol. The Hall–Kier alpha value is -1.73. The number of rotatable bonds is 3. The first-order valence-corrected chi connectivity index (χ1v) is 10.6. The summed E-state index contributed by atoms with van der Waals surface area (Å²) in [4.78, 5) is 2.98. The molecule has 24 heavy (non-hydrogen) atoms. The lowest BCUT2D eigenvalue weighted by Crippen LogP contribution is -2.22. The zero-order valence-electron chi connectivity index (χ0n) is 13.2. The van der Waals surface area contributed by atoms with Crippen LogP contribution in [0.3, 0.4) is 0 Å². The van der Waals surface area contributed by atoms with Crippen molar-refractivity contribution in [2.45, 2.75) is 4.90 Å². The van der Waals surface area contributed by atoms with E-state index in [4.69, 9.17) is 0 Å². The van der Waals surface area contributed by atoms with Crippen LogP contribution in [0.5, 0.6) is 0 Å². The summed E-state index contributed by atoms with van der Waals surface area (Å²) in [6.07, 6.45) is 2.14. The van der Waals surface area contributed by atoms with Crippen molar-refractivity contribution in [3.05, 3.63) is 63.8 Å². The third kappa shape index (κ3) is 2.38. The molecule has 0 saturated heterocycles. The molecule has 0 unspecified atom stereocenters. The van der Waals surface area contributed by atoms with Gasteiger partial charge >= 0.3 is 0 Å². The molecule has 1 aliphatic rings. The van der Waals surface area contributed by atoms with Crippen LogP contribution in [0.1, 0.15) is 16.7 Å². The Balaban J connectivity index is 1.76. The first-order valence-electron chi connectivity index (χ1n) is 7.39. The maximum Gasteiger partial charge on any atom is 0.242 e. The summed E-state index contributed by atoms with van der Waals surface area (Å²) in [5, 5.41) is 4.24. The lowest BCUT2D eigenvalue weighted by Gasteiger charge is -2.11. The topological polar surface area (TPSA) is 37.4 Å². The quantitative estimate of drug-likeness (QED) is 0.525. The van der Waals surface area contributed by atoms with Crippen molar-refractivity contribution in [1.29, 1.82) is 0 Å². The summed E-state index contributed by atoms with van der Waals surface area (Å²) in [5.41, 5.74) is 4.75. The average molecular weight is 374 g/mol. The van der Waals surface area contributed by atoms with Gasteiger partial charge in [0.1, 0.15) is 0 Å². The van der Waals surface area contributed by atoms with Crippen LogP contribution in [0.15, 0.2) is 52.1 Å². The first kappa shape index (κ1) is 15.8. The summed E-state index contributed by atoms with van der Waals surface area (Å²) >= 11 is 3.53. The Morgan fingerprint density at radius 3 is 1.92 bits per heavy atom. The van der Waals surface area contributed by atoms with Crippen molar-refractivity contribution in [3.8, 4) is 9.75 Å². The normalized spacial score (nSPS) is 13.2. The number of hydrogen-bond acceptors (Lipinski definition) is 4. The smallest absolute Gasteiger partial charge is 0.207 e. The second kappa shape index (κ2) is 5.67. The Bertz CT molecular complexity index is 996. The van der Waals surface area contributed by atoms with Gasteiger partial charge in [-0.15, -0.1) is 22.7 Å². The van der Waals surface area contributed by atoms with Crippen LogP contribution < -0.4 is 0 Å². The molecule has 122 valence electrons. The maximum absolute atomic E-state index is 12.2. The second-order valence-corrected chi connectivity index (χ2v) is 9.73. The maximum atomic E-state index is 12.2. The van der Waals surface area contributed by atoms with Gasteiger partial charge in [0.15, 0.2) is 0 Å². The number of fused-ring (bicyclic) bond motifs is 3. The van der Waals surface area contributed by atoms with Gasteiger partial charge in [0, 0.05) is 25.2 Å². The fraction of sp³-hybridized carbons (Fsp3) is 0.111. The van der Waals surface area contributed by atoms with Crippen LogP contribution in [0.25, 0.3) is 21.4 Å². The van der Waals surface area contributed by atoms with Gasteiger partial charge < -0.3 is 0 Å². The van der Waals surface area contributed by atoms with Crippen LogP contribution in [0.2, 0.25) is 0 Å².